The average molecular weight is 351 g/mol. The average Bonchev–Trinajstić information content (AvgIpc) is 2.96. The highest BCUT2D eigenvalue weighted by Crippen LogP contribution is 2.25. The summed E-state index contributed by atoms with van der Waals surface area (Å²) in [5, 5.41) is 2.49. The number of nitrogens with zero attached hydrogens (tertiary/aromatic N) is 1. The lowest BCUT2D eigenvalue weighted by atomic mass is 10.2. The number of aromatic nitrogens is 2. The summed E-state index contributed by atoms with van der Waals surface area (Å²) in [6, 6.07) is 8.66. The second-order valence-corrected chi connectivity index (χ2v) is 5.19. The lowest BCUT2D eigenvalue weighted by molar-refractivity contribution is -0.138. The number of halogens is 3. The third-order valence-corrected chi connectivity index (χ3v) is 3.42. The number of carbonyl (C=O) groups is 1. The number of pyridine rings is 1. The van der Waals surface area contributed by atoms with Gasteiger partial charge in [0.2, 0.25) is 0 Å². The number of hydrogen-bond donors (Lipinski definition) is 2. The zero-order chi connectivity index (χ0) is 18.0. The van der Waals surface area contributed by atoms with Crippen LogP contribution in [-0.4, -0.2) is 22.4 Å². The predicted octanol–water partition coefficient (Wildman–Crippen LogP) is 2.51. The minimum Gasteiger partial charge on any atom is -0.441 e. The second kappa shape index (κ2) is 6.42. The summed E-state index contributed by atoms with van der Waals surface area (Å²) in [7, 11) is 0. The van der Waals surface area contributed by atoms with Crippen molar-refractivity contribution in [3.8, 4) is 0 Å². The Morgan fingerprint density at radius 2 is 1.96 bits per heavy atom. The summed E-state index contributed by atoms with van der Waals surface area (Å²) in [5.74, 6) is -0.274. The van der Waals surface area contributed by atoms with Crippen molar-refractivity contribution in [2.75, 3.05) is 6.54 Å². The molecule has 0 fully saturated rings. The number of aromatic amines is 1. The normalized spacial score (nSPS) is 11.6. The smallest absolute Gasteiger partial charge is 0.421 e. The highest BCUT2D eigenvalue weighted by molar-refractivity contribution is 5.92. The van der Waals surface area contributed by atoms with E-state index in [0.29, 0.717) is 29.5 Å². The van der Waals surface area contributed by atoms with Crippen LogP contribution in [0.3, 0.4) is 0 Å². The Morgan fingerprint density at radius 1 is 1.20 bits per heavy atom. The molecule has 0 aliphatic heterocycles. The van der Waals surface area contributed by atoms with Gasteiger partial charge >= 0.3 is 6.18 Å². The van der Waals surface area contributed by atoms with Gasteiger partial charge < -0.3 is 14.7 Å². The molecule has 130 valence electrons. The molecule has 6 nitrogen and oxygen atoms in total. The number of para-hydroxylation sites is 2. The van der Waals surface area contributed by atoms with Crippen LogP contribution in [0.25, 0.3) is 11.1 Å². The summed E-state index contributed by atoms with van der Waals surface area (Å²) in [5.41, 5.74) is -1.66. The molecule has 1 amide bonds. The number of oxazole rings is 1. The Kier molecular flexibility index (Phi) is 4.30. The molecule has 2 heterocycles. The fourth-order valence-corrected chi connectivity index (χ4v) is 2.23. The zero-order valence-corrected chi connectivity index (χ0v) is 12.7. The molecule has 0 unspecified atom stereocenters. The van der Waals surface area contributed by atoms with Crippen molar-refractivity contribution < 1.29 is 22.4 Å². The number of benzene rings is 1. The first-order valence-electron chi connectivity index (χ1n) is 7.28. The van der Waals surface area contributed by atoms with E-state index in [1.165, 1.54) is 0 Å². The quantitative estimate of drug-likeness (QED) is 0.756. The standard InChI is InChI=1S/C16H12F3N3O3/c17-16(18,19)9-5-6-11(22-14(9)23)15(24)20-8-7-13-21-10-3-1-2-4-12(10)25-13/h1-6H,7-8H2,(H,20,24)(H,22,23). The summed E-state index contributed by atoms with van der Waals surface area (Å²) >= 11 is 0. The summed E-state index contributed by atoms with van der Waals surface area (Å²) in [6.45, 7) is 0.148. The van der Waals surface area contributed by atoms with Crippen LogP contribution in [0.15, 0.2) is 45.6 Å². The number of nitrogens with one attached hydrogen (secondary N) is 2. The number of carbonyl (C=O) groups excluding carboxylic acids is 1. The van der Waals surface area contributed by atoms with Crippen molar-refractivity contribution in [2.45, 2.75) is 12.6 Å². The van der Waals surface area contributed by atoms with Crippen molar-refractivity contribution in [1.29, 1.82) is 0 Å². The molecule has 9 heteroatoms. The molecular formula is C16H12F3N3O3. The van der Waals surface area contributed by atoms with Gasteiger partial charge in [0.25, 0.3) is 11.5 Å². The highest BCUT2D eigenvalue weighted by Gasteiger charge is 2.34. The zero-order valence-electron chi connectivity index (χ0n) is 12.7. The van der Waals surface area contributed by atoms with Crippen molar-refractivity contribution in [1.82, 2.24) is 15.3 Å². The van der Waals surface area contributed by atoms with E-state index in [4.69, 9.17) is 4.42 Å². The van der Waals surface area contributed by atoms with Crippen LogP contribution in [-0.2, 0) is 12.6 Å². The van der Waals surface area contributed by atoms with Crippen LogP contribution < -0.4 is 10.9 Å². The van der Waals surface area contributed by atoms with Gasteiger partial charge in [-0.15, -0.1) is 0 Å². The van der Waals surface area contributed by atoms with Gasteiger partial charge in [-0.25, -0.2) is 4.98 Å². The SMILES string of the molecule is O=C(NCCc1nc2ccccc2o1)c1ccc(C(F)(F)F)c(=O)[nH]1. The maximum absolute atomic E-state index is 12.5. The van der Waals surface area contributed by atoms with Crippen molar-refractivity contribution in [2.24, 2.45) is 0 Å². The summed E-state index contributed by atoms with van der Waals surface area (Å²) in [4.78, 5) is 29.5. The number of H-pyrrole nitrogens is 1. The Morgan fingerprint density at radius 3 is 2.64 bits per heavy atom. The lowest BCUT2D eigenvalue weighted by Crippen LogP contribution is -2.30. The predicted molar refractivity (Wildman–Crippen MR) is 82.1 cm³/mol. The molecule has 3 rings (SSSR count). The molecule has 0 aliphatic carbocycles. The second-order valence-electron chi connectivity index (χ2n) is 5.19. The molecule has 0 saturated carbocycles. The molecule has 25 heavy (non-hydrogen) atoms. The van der Waals surface area contributed by atoms with E-state index < -0.39 is 23.2 Å². The topological polar surface area (TPSA) is 88.0 Å². The van der Waals surface area contributed by atoms with E-state index >= 15 is 0 Å². The molecular weight excluding hydrogens is 339 g/mol. The number of fused-ring (bicyclic) bond motifs is 1. The van der Waals surface area contributed by atoms with Gasteiger partial charge in [-0.3, -0.25) is 9.59 Å². The molecule has 2 N–H and O–H groups in total. The molecule has 0 aliphatic rings. The Balaban J connectivity index is 1.62. The van der Waals surface area contributed by atoms with Gasteiger partial charge in [0, 0.05) is 13.0 Å². The molecule has 0 bridgehead atoms. The van der Waals surface area contributed by atoms with Gasteiger partial charge in [0.15, 0.2) is 11.5 Å². The van der Waals surface area contributed by atoms with Crippen molar-refractivity contribution >= 4 is 17.0 Å². The summed E-state index contributed by atoms with van der Waals surface area (Å²) in [6.07, 6.45) is -4.47. The van der Waals surface area contributed by atoms with Crippen LogP contribution in [0.1, 0.15) is 21.9 Å². The minimum atomic E-state index is -4.77. The van der Waals surface area contributed by atoms with Crippen LogP contribution in [0.5, 0.6) is 0 Å². The lowest BCUT2D eigenvalue weighted by Gasteiger charge is -2.07. The van der Waals surface area contributed by atoms with E-state index in [2.05, 4.69) is 10.3 Å². The Bertz CT molecular complexity index is 943. The number of alkyl halides is 3. The number of rotatable bonds is 4. The van der Waals surface area contributed by atoms with Crippen LogP contribution in [0, 0.1) is 0 Å². The van der Waals surface area contributed by atoms with Gasteiger partial charge in [-0.05, 0) is 24.3 Å². The van der Waals surface area contributed by atoms with Gasteiger partial charge in [0.05, 0.1) is 0 Å². The van der Waals surface area contributed by atoms with E-state index in [1.807, 2.05) is 11.1 Å². The third-order valence-electron chi connectivity index (χ3n) is 3.42. The van der Waals surface area contributed by atoms with Crippen molar-refractivity contribution in [3.63, 3.8) is 0 Å². The van der Waals surface area contributed by atoms with Gasteiger partial charge in [-0.2, -0.15) is 13.2 Å². The fourth-order valence-electron chi connectivity index (χ4n) is 2.23. The van der Waals surface area contributed by atoms with E-state index in [9.17, 15) is 22.8 Å². The number of amides is 1. The maximum atomic E-state index is 12.5. The highest BCUT2D eigenvalue weighted by atomic mass is 19.4. The van der Waals surface area contributed by atoms with Crippen LogP contribution >= 0.6 is 0 Å². The minimum absolute atomic E-state index is 0.148. The molecule has 2 aromatic heterocycles. The van der Waals surface area contributed by atoms with E-state index in [0.717, 1.165) is 6.07 Å². The van der Waals surface area contributed by atoms with Crippen molar-refractivity contribution in [3.05, 3.63) is 63.9 Å². The maximum Gasteiger partial charge on any atom is 0.421 e. The van der Waals surface area contributed by atoms with Crippen LogP contribution in [0.4, 0.5) is 13.2 Å². The Hall–Kier alpha value is -3.10. The molecule has 3 aromatic rings. The molecule has 0 saturated heterocycles. The number of hydrogen-bond acceptors (Lipinski definition) is 4. The van der Waals surface area contributed by atoms with Gasteiger partial charge in [-0.1, -0.05) is 12.1 Å². The molecule has 1 aromatic carbocycles. The first-order valence-corrected chi connectivity index (χ1v) is 7.28. The first-order chi connectivity index (χ1) is 11.8. The van der Waals surface area contributed by atoms with Crippen LogP contribution in [0.2, 0.25) is 0 Å². The van der Waals surface area contributed by atoms with E-state index in [1.54, 1.807) is 18.2 Å². The largest absolute Gasteiger partial charge is 0.441 e. The molecule has 0 atom stereocenters. The summed E-state index contributed by atoms with van der Waals surface area (Å²) < 4.78 is 43.0. The third kappa shape index (κ3) is 3.70. The fraction of sp³-hybridized carbons (Fsp3) is 0.188. The first kappa shape index (κ1) is 16.7. The van der Waals surface area contributed by atoms with Gasteiger partial charge in [0.1, 0.15) is 16.8 Å². The van der Waals surface area contributed by atoms with E-state index in [-0.39, 0.29) is 12.2 Å². The molecule has 0 spiro atoms. The molecule has 0 radical (unpaired) electrons. The Labute approximate surface area is 138 Å². The monoisotopic (exact) mass is 351 g/mol.